The summed E-state index contributed by atoms with van der Waals surface area (Å²) < 4.78 is 15.9. The lowest BCUT2D eigenvalue weighted by molar-refractivity contribution is 0.102. The van der Waals surface area contributed by atoms with Crippen LogP contribution in [0.2, 0.25) is 0 Å². The van der Waals surface area contributed by atoms with Crippen molar-refractivity contribution in [3.8, 4) is 17.2 Å². The number of nitrogens with one attached hydrogen (secondary N) is 2. The zero-order valence-corrected chi connectivity index (χ0v) is 19.2. The van der Waals surface area contributed by atoms with Gasteiger partial charge in [0.2, 0.25) is 5.75 Å². The number of hydrogen-bond acceptors (Lipinski definition) is 7. The Balaban J connectivity index is 1.64. The molecule has 0 heterocycles. The Morgan fingerprint density at radius 1 is 0.735 bits per heavy atom. The number of hydrogen-bond donors (Lipinski definition) is 2. The quantitative estimate of drug-likeness (QED) is 0.278. The number of carbonyl (C=O) groups is 2. The summed E-state index contributed by atoms with van der Waals surface area (Å²) in [6.45, 7) is 1.71. The molecule has 0 aliphatic rings. The second-order valence-corrected chi connectivity index (χ2v) is 6.99. The van der Waals surface area contributed by atoms with Crippen molar-refractivity contribution in [2.45, 2.75) is 6.92 Å². The summed E-state index contributed by atoms with van der Waals surface area (Å²) in [7, 11) is 4.46. The van der Waals surface area contributed by atoms with Crippen molar-refractivity contribution in [3.63, 3.8) is 0 Å². The lowest BCUT2D eigenvalue weighted by atomic mass is 10.1. The van der Waals surface area contributed by atoms with Gasteiger partial charge in [0.25, 0.3) is 5.91 Å². The average molecular weight is 463 g/mol. The fourth-order valence-corrected chi connectivity index (χ4v) is 3.03. The molecule has 0 saturated heterocycles. The molecule has 3 rings (SSSR count). The number of anilines is 2. The van der Waals surface area contributed by atoms with E-state index in [1.54, 1.807) is 67.6 Å². The smallest absolute Gasteiger partial charge is 0.437 e. The number of amides is 2. The van der Waals surface area contributed by atoms with Gasteiger partial charge in [-0.15, -0.1) is 0 Å². The van der Waals surface area contributed by atoms with Gasteiger partial charge in [-0.3, -0.25) is 14.9 Å². The summed E-state index contributed by atoms with van der Waals surface area (Å²) in [6.07, 6.45) is -0.695. The van der Waals surface area contributed by atoms with E-state index in [-0.39, 0.29) is 5.91 Å². The number of methoxy groups -OCH3 is 3. The van der Waals surface area contributed by atoms with Crippen LogP contribution in [0.1, 0.15) is 22.8 Å². The lowest BCUT2D eigenvalue weighted by Crippen LogP contribution is -2.13. The van der Waals surface area contributed by atoms with Crippen molar-refractivity contribution in [3.05, 3.63) is 77.9 Å². The van der Waals surface area contributed by atoms with Gasteiger partial charge in [-0.25, -0.2) is 4.79 Å². The third-order valence-corrected chi connectivity index (χ3v) is 4.77. The molecule has 0 saturated carbocycles. The van der Waals surface area contributed by atoms with Crippen molar-refractivity contribution in [2.75, 3.05) is 32.0 Å². The fourth-order valence-electron chi connectivity index (χ4n) is 3.03. The van der Waals surface area contributed by atoms with Crippen LogP contribution in [0.5, 0.6) is 17.2 Å². The SMILES string of the molecule is COc1cc(C(=O)Nc2ccc(/C(C)=N/OC(=O)Nc3ccccc3)cc2)cc(OC)c1OC. The molecule has 0 aliphatic carbocycles. The number of rotatable bonds is 8. The van der Waals surface area contributed by atoms with E-state index in [1.165, 1.54) is 21.3 Å². The van der Waals surface area contributed by atoms with Gasteiger partial charge >= 0.3 is 6.09 Å². The highest BCUT2D eigenvalue weighted by Crippen LogP contribution is 2.38. The van der Waals surface area contributed by atoms with Gasteiger partial charge in [-0.2, -0.15) is 0 Å². The van der Waals surface area contributed by atoms with Crippen LogP contribution < -0.4 is 24.8 Å². The van der Waals surface area contributed by atoms with E-state index in [4.69, 9.17) is 19.0 Å². The summed E-state index contributed by atoms with van der Waals surface area (Å²) in [5, 5.41) is 9.25. The first kappa shape index (κ1) is 24.1. The van der Waals surface area contributed by atoms with E-state index in [0.29, 0.717) is 39.9 Å². The average Bonchev–Trinajstić information content (AvgIpc) is 2.87. The molecule has 2 N–H and O–H groups in total. The normalized spacial score (nSPS) is 10.8. The van der Waals surface area contributed by atoms with Crippen LogP contribution in [0.4, 0.5) is 16.2 Å². The summed E-state index contributed by atoms with van der Waals surface area (Å²) in [6, 6.07) is 19.0. The fraction of sp³-hybridized carbons (Fsp3) is 0.160. The number of nitrogens with zero attached hydrogens (tertiary/aromatic N) is 1. The molecule has 2 amide bonds. The Morgan fingerprint density at radius 2 is 1.32 bits per heavy atom. The molecule has 3 aromatic rings. The molecule has 0 unspecified atom stereocenters. The van der Waals surface area contributed by atoms with E-state index < -0.39 is 6.09 Å². The van der Waals surface area contributed by atoms with E-state index in [0.717, 1.165) is 5.56 Å². The molecule has 0 atom stereocenters. The Kier molecular flexibility index (Phi) is 8.07. The summed E-state index contributed by atoms with van der Waals surface area (Å²) in [4.78, 5) is 29.5. The minimum absolute atomic E-state index is 0.342. The highest BCUT2D eigenvalue weighted by Gasteiger charge is 2.17. The maximum absolute atomic E-state index is 12.7. The molecule has 0 spiro atoms. The maximum Gasteiger partial charge on any atom is 0.437 e. The number of ether oxygens (including phenoxy) is 3. The first-order valence-electron chi connectivity index (χ1n) is 10.2. The summed E-state index contributed by atoms with van der Waals surface area (Å²) in [5.41, 5.74) is 2.73. The largest absolute Gasteiger partial charge is 0.493 e. The van der Waals surface area contributed by atoms with Crippen molar-refractivity contribution in [1.29, 1.82) is 0 Å². The van der Waals surface area contributed by atoms with Crippen LogP contribution in [0, 0.1) is 0 Å². The van der Waals surface area contributed by atoms with Gasteiger partial charge in [-0.1, -0.05) is 35.5 Å². The van der Waals surface area contributed by atoms with Crippen molar-refractivity contribution in [2.24, 2.45) is 5.16 Å². The molecule has 3 aromatic carbocycles. The minimum Gasteiger partial charge on any atom is -0.493 e. The predicted octanol–water partition coefficient (Wildman–Crippen LogP) is 4.94. The van der Waals surface area contributed by atoms with Crippen molar-refractivity contribution >= 4 is 29.1 Å². The van der Waals surface area contributed by atoms with E-state index in [9.17, 15) is 9.59 Å². The van der Waals surface area contributed by atoms with Crippen LogP contribution in [-0.2, 0) is 4.84 Å². The summed E-state index contributed by atoms with van der Waals surface area (Å²) >= 11 is 0. The van der Waals surface area contributed by atoms with Gasteiger partial charge in [0.1, 0.15) is 0 Å². The zero-order valence-electron chi connectivity index (χ0n) is 19.2. The summed E-state index contributed by atoms with van der Waals surface area (Å²) in [5.74, 6) is 0.814. The lowest BCUT2D eigenvalue weighted by Gasteiger charge is -2.14. The first-order chi connectivity index (χ1) is 16.4. The molecule has 176 valence electrons. The van der Waals surface area contributed by atoms with Crippen LogP contribution in [0.25, 0.3) is 0 Å². The molecular formula is C25H25N3O6. The number of benzene rings is 3. The number of oxime groups is 1. The van der Waals surface area contributed by atoms with Crippen molar-refractivity contribution < 1.29 is 28.6 Å². The van der Waals surface area contributed by atoms with Gasteiger partial charge in [-0.05, 0) is 48.9 Å². The second-order valence-electron chi connectivity index (χ2n) is 6.99. The Labute approximate surface area is 197 Å². The third-order valence-electron chi connectivity index (χ3n) is 4.77. The van der Waals surface area contributed by atoms with Gasteiger partial charge < -0.3 is 19.5 Å². The number of para-hydroxylation sites is 1. The molecule has 9 nitrogen and oxygen atoms in total. The minimum atomic E-state index is -0.695. The Hall–Kier alpha value is -4.53. The molecule has 0 fully saturated rings. The molecule has 0 radical (unpaired) electrons. The van der Waals surface area contributed by atoms with Crippen LogP contribution in [-0.4, -0.2) is 39.0 Å². The van der Waals surface area contributed by atoms with E-state index in [2.05, 4.69) is 15.8 Å². The van der Waals surface area contributed by atoms with Crippen LogP contribution in [0.15, 0.2) is 71.9 Å². The van der Waals surface area contributed by atoms with Gasteiger partial charge in [0.05, 0.1) is 27.0 Å². The molecular weight excluding hydrogens is 438 g/mol. The van der Waals surface area contributed by atoms with Crippen LogP contribution in [0.3, 0.4) is 0 Å². The molecule has 0 bridgehead atoms. The number of carbonyl (C=O) groups excluding carboxylic acids is 2. The second kappa shape index (κ2) is 11.4. The first-order valence-corrected chi connectivity index (χ1v) is 10.2. The van der Waals surface area contributed by atoms with E-state index in [1.807, 2.05) is 6.07 Å². The maximum atomic E-state index is 12.7. The highest BCUT2D eigenvalue weighted by atomic mass is 16.7. The van der Waals surface area contributed by atoms with Gasteiger partial charge in [0, 0.05) is 16.9 Å². The molecule has 9 heteroatoms. The molecule has 34 heavy (non-hydrogen) atoms. The standard InChI is InChI=1S/C25H25N3O6/c1-16(28-34-25(30)27-19-8-6-5-7-9-19)17-10-12-20(13-11-17)26-24(29)18-14-21(31-2)23(33-4)22(15-18)32-3/h5-15H,1-4H3,(H,26,29)(H,27,30)/b28-16+. The zero-order chi connectivity index (χ0) is 24.5. The van der Waals surface area contributed by atoms with Gasteiger partial charge in [0.15, 0.2) is 11.5 Å². The Morgan fingerprint density at radius 3 is 1.88 bits per heavy atom. The topological polar surface area (TPSA) is 107 Å². The van der Waals surface area contributed by atoms with Crippen molar-refractivity contribution in [1.82, 2.24) is 0 Å². The van der Waals surface area contributed by atoms with Crippen LogP contribution >= 0.6 is 0 Å². The molecule has 0 aliphatic heterocycles. The highest BCUT2D eigenvalue weighted by molar-refractivity contribution is 6.05. The third kappa shape index (κ3) is 6.04. The predicted molar refractivity (Wildman–Crippen MR) is 129 cm³/mol. The monoisotopic (exact) mass is 463 g/mol. The van der Waals surface area contributed by atoms with E-state index >= 15 is 0 Å². The molecule has 0 aromatic heterocycles. The Bertz CT molecular complexity index is 1150.